The third-order valence-corrected chi connectivity index (χ3v) is 4.48. The maximum absolute atomic E-state index is 11.3. The smallest absolute Gasteiger partial charge is 0.306 e. The summed E-state index contributed by atoms with van der Waals surface area (Å²) in [5.41, 5.74) is 2.94. The first-order valence-corrected chi connectivity index (χ1v) is 7.68. The molecule has 2 rings (SSSR count). The molecular formula is C15H18N2O2S. The van der Waals surface area contributed by atoms with Crippen molar-refractivity contribution in [3.63, 3.8) is 0 Å². The van der Waals surface area contributed by atoms with E-state index < -0.39 is 0 Å². The first-order valence-electron chi connectivity index (χ1n) is 6.80. The minimum absolute atomic E-state index is 0.0451. The summed E-state index contributed by atoms with van der Waals surface area (Å²) < 4.78 is 4.67. The van der Waals surface area contributed by atoms with Crippen LogP contribution in [-0.4, -0.2) is 23.3 Å². The number of hydrogen-bond donors (Lipinski definition) is 0. The largest absolute Gasteiger partial charge is 0.469 e. The fourth-order valence-electron chi connectivity index (χ4n) is 2.33. The van der Waals surface area contributed by atoms with Crippen LogP contribution in [0.2, 0.25) is 0 Å². The van der Waals surface area contributed by atoms with E-state index in [1.54, 1.807) is 0 Å². The number of fused-ring (bicyclic) bond motifs is 1. The first-order chi connectivity index (χ1) is 9.63. The number of nitriles is 1. The van der Waals surface area contributed by atoms with Crippen LogP contribution in [0, 0.1) is 11.3 Å². The van der Waals surface area contributed by atoms with Gasteiger partial charge in [-0.05, 0) is 37.3 Å². The summed E-state index contributed by atoms with van der Waals surface area (Å²) in [6, 6.07) is 4.19. The average molecular weight is 290 g/mol. The zero-order chi connectivity index (χ0) is 14.5. The molecule has 0 fully saturated rings. The Morgan fingerprint density at radius 2 is 2.30 bits per heavy atom. The van der Waals surface area contributed by atoms with E-state index in [9.17, 15) is 10.1 Å². The second-order valence-electron chi connectivity index (χ2n) is 4.97. The highest BCUT2D eigenvalue weighted by Gasteiger charge is 2.18. The number of ether oxygens (including phenoxy) is 1. The minimum Gasteiger partial charge on any atom is -0.469 e. The summed E-state index contributed by atoms with van der Waals surface area (Å²) in [6.07, 6.45) is 4.66. The Balaban J connectivity index is 2.18. The highest BCUT2D eigenvalue weighted by molar-refractivity contribution is 7.99. The van der Waals surface area contributed by atoms with Crippen LogP contribution < -0.4 is 0 Å². The molecule has 20 heavy (non-hydrogen) atoms. The summed E-state index contributed by atoms with van der Waals surface area (Å²) in [6.45, 7) is 1.95. The number of carbonyl (C=O) groups excluding carboxylic acids is 1. The van der Waals surface area contributed by atoms with Crippen molar-refractivity contribution in [1.29, 1.82) is 5.26 Å². The van der Waals surface area contributed by atoms with Crippen molar-refractivity contribution in [1.82, 2.24) is 4.98 Å². The monoisotopic (exact) mass is 290 g/mol. The zero-order valence-corrected chi connectivity index (χ0v) is 12.6. The fraction of sp³-hybridized carbons (Fsp3) is 0.533. The van der Waals surface area contributed by atoms with Gasteiger partial charge >= 0.3 is 5.97 Å². The van der Waals surface area contributed by atoms with Crippen LogP contribution in [0.15, 0.2) is 11.1 Å². The van der Waals surface area contributed by atoms with Crippen molar-refractivity contribution in [3.05, 3.63) is 22.9 Å². The van der Waals surface area contributed by atoms with E-state index >= 15 is 0 Å². The van der Waals surface area contributed by atoms with Gasteiger partial charge in [0.15, 0.2) is 0 Å². The molecule has 0 radical (unpaired) electrons. The number of nitrogens with zero attached hydrogens (tertiary/aromatic N) is 2. The van der Waals surface area contributed by atoms with Crippen molar-refractivity contribution < 1.29 is 9.53 Å². The maximum atomic E-state index is 11.3. The third kappa shape index (κ3) is 3.51. The summed E-state index contributed by atoms with van der Waals surface area (Å²) in [7, 11) is 1.39. The SMILES string of the molecule is COC(=O)CC(C)Sc1nc2c(cc1C#N)CCCC2. The molecular weight excluding hydrogens is 272 g/mol. The van der Waals surface area contributed by atoms with Crippen LogP contribution >= 0.6 is 11.8 Å². The van der Waals surface area contributed by atoms with Gasteiger partial charge in [0.05, 0.1) is 19.1 Å². The predicted molar refractivity (Wildman–Crippen MR) is 77.5 cm³/mol. The molecule has 5 heteroatoms. The maximum Gasteiger partial charge on any atom is 0.306 e. The van der Waals surface area contributed by atoms with E-state index in [0.717, 1.165) is 30.0 Å². The summed E-state index contributed by atoms with van der Waals surface area (Å²) >= 11 is 1.48. The Hall–Kier alpha value is -1.54. The van der Waals surface area contributed by atoms with Gasteiger partial charge in [-0.3, -0.25) is 4.79 Å². The predicted octanol–water partition coefficient (Wildman–Crippen LogP) is 2.88. The molecule has 0 saturated heterocycles. The van der Waals surface area contributed by atoms with E-state index in [4.69, 9.17) is 0 Å². The Morgan fingerprint density at radius 3 is 3.00 bits per heavy atom. The molecule has 0 aromatic carbocycles. The molecule has 106 valence electrons. The van der Waals surface area contributed by atoms with Crippen molar-refractivity contribution in [2.75, 3.05) is 7.11 Å². The van der Waals surface area contributed by atoms with E-state index in [1.807, 2.05) is 13.0 Å². The van der Waals surface area contributed by atoms with Gasteiger partial charge in [0.2, 0.25) is 0 Å². The number of rotatable bonds is 4. The van der Waals surface area contributed by atoms with Gasteiger partial charge in [0.25, 0.3) is 0 Å². The van der Waals surface area contributed by atoms with Gasteiger partial charge < -0.3 is 4.74 Å². The number of carbonyl (C=O) groups is 1. The highest BCUT2D eigenvalue weighted by Crippen LogP contribution is 2.30. The second-order valence-corrected chi connectivity index (χ2v) is 6.40. The zero-order valence-electron chi connectivity index (χ0n) is 11.8. The Morgan fingerprint density at radius 1 is 1.55 bits per heavy atom. The van der Waals surface area contributed by atoms with Gasteiger partial charge in [0, 0.05) is 10.9 Å². The van der Waals surface area contributed by atoms with Gasteiger partial charge in [0.1, 0.15) is 11.1 Å². The van der Waals surface area contributed by atoms with Crippen LogP contribution in [0.5, 0.6) is 0 Å². The van der Waals surface area contributed by atoms with Crippen LogP contribution in [0.1, 0.15) is 43.0 Å². The van der Waals surface area contributed by atoms with Gasteiger partial charge in [-0.2, -0.15) is 5.26 Å². The number of hydrogen-bond acceptors (Lipinski definition) is 5. The minimum atomic E-state index is -0.235. The fourth-order valence-corrected chi connectivity index (χ4v) is 3.33. The topological polar surface area (TPSA) is 63.0 Å². The van der Waals surface area contributed by atoms with Crippen LogP contribution in [-0.2, 0) is 22.4 Å². The molecule has 0 spiro atoms. The Kier molecular flexibility index (Phi) is 5.02. The molecule has 0 amide bonds. The Labute approximate surface area is 123 Å². The summed E-state index contributed by atoms with van der Waals surface area (Å²) in [4.78, 5) is 15.9. The Bertz CT molecular complexity index is 552. The van der Waals surface area contributed by atoms with E-state index in [-0.39, 0.29) is 11.2 Å². The number of aromatic nitrogens is 1. The highest BCUT2D eigenvalue weighted by atomic mass is 32.2. The lowest BCUT2D eigenvalue weighted by Gasteiger charge is -2.17. The lowest BCUT2D eigenvalue weighted by atomic mass is 9.95. The quantitative estimate of drug-likeness (QED) is 0.630. The second kappa shape index (κ2) is 6.76. The molecule has 1 aliphatic carbocycles. The summed E-state index contributed by atoms with van der Waals surface area (Å²) in [5, 5.41) is 10.1. The number of thioether (sulfide) groups is 1. The first kappa shape index (κ1) is 14.9. The lowest BCUT2D eigenvalue weighted by Crippen LogP contribution is -2.11. The number of aryl methyl sites for hydroxylation is 2. The molecule has 1 atom stereocenters. The van der Waals surface area contributed by atoms with E-state index in [0.29, 0.717) is 12.0 Å². The van der Waals surface area contributed by atoms with Crippen molar-refractivity contribution >= 4 is 17.7 Å². The molecule has 0 saturated carbocycles. The summed E-state index contributed by atoms with van der Waals surface area (Å²) in [5.74, 6) is -0.235. The molecule has 1 heterocycles. The molecule has 0 aliphatic heterocycles. The van der Waals surface area contributed by atoms with Crippen LogP contribution in [0.3, 0.4) is 0 Å². The molecule has 4 nitrogen and oxygen atoms in total. The van der Waals surface area contributed by atoms with Crippen LogP contribution in [0.25, 0.3) is 0 Å². The van der Waals surface area contributed by atoms with Gasteiger partial charge in [-0.1, -0.05) is 6.92 Å². The molecule has 1 aliphatic rings. The average Bonchev–Trinajstić information content (AvgIpc) is 2.46. The molecule has 0 N–H and O–H groups in total. The van der Waals surface area contributed by atoms with E-state index in [2.05, 4.69) is 15.8 Å². The third-order valence-electron chi connectivity index (χ3n) is 3.38. The molecule has 0 bridgehead atoms. The number of pyridine rings is 1. The van der Waals surface area contributed by atoms with E-state index in [1.165, 1.54) is 30.9 Å². The molecule has 1 aromatic heterocycles. The molecule has 1 aromatic rings. The normalized spacial score (nSPS) is 15.1. The van der Waals surface area contributed by atoms with Gasteiger partial charge in [-0.25, -0.2) is 4.98 Å². The van der Waals surface area contributed by atoms with Crippen molar-refractivity contribution in [2.45, 2.75) is 49.3 Å². The van der Waals surface area contributed by atoms with Crippen LogP contribution in [0.4, 0.5) is 0 Å². The molecule has 1 unspecified atom stereocenters. The lowest BCUT2D eigenvalue weighted by molar-refractivity contribution is -0.140. The number of methoxy groups -OCH3 is 1. The van der Waals surface area contributed by atoms with Crippen molar-refractivity contribution in [3.8, 4) is 6.07 Å². The van der Waals surface area contributed by atoms with Gasteiger partial charge in [-0.15, -0.1) is 11.8 Å². The number of esters is 1. The standard InChI is InChI=1S/C15H18N2O2S/c1-10(7-14(18)19-2)20-15-12(9-16)8-11-5-3-4-6-13(11)17-15/h8,10H,3-7H2,1-2H3. The van der Waals surface area contributed by atoms with Crippen molar-refractivity contribution in [2.24, 2.45) is 0 Å².